The molecule has 0 spiro atoms. The quantitative estimate of drug-likeness (QED) is 0.753. The number of halogens is 1. The Morgan fingerprint density at radius 3 is 2.94 bits per heavy atom. The van der Waals surface area contributed by atoms with Crippen molar-refractivity contribution >= 4 is 27.7 Å². The summed E-state index contributed by atoms with van der Waals surface area (Å²) in [6.45, 7) is 6.74. The maximum Gasteiger partial charge on any atom is 0.0705 e. The number of nitrogens with one attached hydrogen (secondary N) is 1. The molecule has 0 saturated heterocycles. The molecule has 0 aromatic carbocycles. The molecule has 1 N–H and O–H groups in total. The van der Waals surface area contributed by atoms with E-state index < -0.39 is 0 Å². The molecule has 1 aromatic rings. The molecule has 4 nitrogen and oxygen atoms in total. The second-order valence-corrected chi connectivity index (χ2v) is 6.04. The topological polar surface area (TPSA) is 39.1 Å². The van der Waals surface area contributed by atoms with Crippen molar-refractivity contribution < 1.29 is 4.74 Å². The van der Waals surface area contributed by atoms with Gasteiger partial charge in [-0.25, -0.2) is 0 Å². The van der Waals surface area contributed by atoms with E-state index >= 15 is 0 Å². The Balaban J connectivity index is 2.83. The molecule has 0 radical (unpaired) electrons. The van der Waals surface area contributed by atoms with Crippen molar-refractivity contribution in [2.45, 2.75) is 26.4 Å². The van der Waals surface area contributed by atoms with E-state index in [1.165, 1.54) is 5.69 Å². The highest BCUT2D eigenvalue weighted by molar-refractivity contribution is 9.10. The zero-order valence-electron chi connectivity index (χ0n) is 11.3. The number of aromatic nitrogens is 2. The number of nitrogens with zero attached hydrogens (tertiary/aromatic N) is 2. The summed E-state index contributed by atoms with van der Waals surface area (Å²) in [5.74, 6) is 2.19. The second kappa shape index (κ2) is 8.96. The summed E-state index contributed by atoms with van der Waals surface area (Å²) >= 11 is 5.54. The van der Waals surface area contributed by atoms with Crippen LogP contribution < -0.4 is 5.32 Å². The lowest BCUT2D eigenvalue weighted by Crippen LogP contribution is -2.27. The lowest BCUT2D eigenvalue weighted by Gasteiger charge is -2.19. The van der Waals surface area contributed by atoms with Crippen molar-refractivity contribution in [1.29, 1.82) is 0 Å². The summed E-state index contributed by atoms with van der Waals surface area (Å²) in [4.78, 5) is 0. The zero-order valence-corrected chi connectivity index (χ0v) is 13.7. The van der Waals surface area contributed by atoms with Crippen molar-refractivity contribution in [3.05, 3.63) is 16.4 Å². The highest BCUT2D eigenvalue weighted by Crippen LogP contribution is 2.26. The van der Waals surface area contributed by atoms with Crippen molar-refractivity contribution in [2.75, 3.05) is 31.8 Å². The largest absolute Gasteiger partial charge is 0.383 e. The number of hydrogen-bond acceptors (Lipinski definition) is 4. The van der Waals surface area contributed by atoms with Crippen molar-refractivity contribution in [3.63, 3.8) is 0 Å². The summed E-state index contributed by atoms with van der Waals surface area (Å²) in [5, 5.41) is 7.93. The molecule has 0 fully saturated rings. The molecule has 0 saturated carbocycles. The van der Waals surface area contributed by atoms with Crippen LogP contribution in [0.3, 0.4) is 0 Å². The summed E-state index contributed by atoms with van der Waals surface area (Å²) in [5.41, 5.74) is 1.22. The minimum absolute atomic E-state index is 0.327. The third kappa shape index (κ3) is 4.57. The number of thioether (sulfide) groups is 1. The van der Waals surface area contributed by atoms with Crippen LogP contribution in [0.15, 0.2) is 10.7 Å². The molecule has 0 aliphatic heterocycles. The first-order valence-corrected chi connectivity index (χ1v) is 8.20. The molecule has 1 atom stereocenters. The van der Waals surface area contributed by atoms with Gasteiger partial charge < -0.3 is 10.1 Å². The molecule has 1 aromatic heterocycles. The van der Waals surface area contributed by atoms with Crippen LogP contribution in [-0.2, 0) is 11.3 Å². The number of hydrogen-bond donors (Lipinski definition) is 1. The SMILES string of the molecule is CCNC(CSCC)c1c(Br)cnn1CCOC. The van der Waals surface area contributed by atoms with Crippen LogP contribution in [-0.4, -0.2) is 41.5 Å². The van der Waals surface area contributed by atoms with E-state index in [1.807, 2.05) is 22.6 Å². The fourth-order valence-electron chi connectivity index (χ4n) is 1.79. The maximum absolute atomic E-state index is 5.13. The Morgan fingerprint density at radius 2 is 2.33 bits per heavy atom. The van der Waals surface area contributed by atoms with Gasteiger partial charge >= 0.3 is 0 Å². The van der Waals surface area contributed by atoms with E-state index in [0.29, 0.717) is 12.6 Å². The van der Waals surface area contributed by atoms with Crippen LogP contribution in [0.4, 0.5) is 0 Å². The molecule has 1 heterocycles. The van der Waals surface area contributed by atoms with Crippen molar-refractivity contribution in [1.82, 2.24) is 15.1 Å². The van der Waals surface area contributed by atoms with Gasteiger partial charge in [0.25, 0.3) is 0 Å². The van der Waals surface area contributed by atoms with Crippen LogP contribution in [0.1, 0.15) is 25.6 Å². The van der Waals surface area contributed by atoms with Crippen LogP contribution in [0.2, 0.25) is 0 Å². The van der Waals surface area contributed by atoms with Crippen molar-refractivity contribution in [3.8, 4) is 0 Å². The Hall–Kier alpha value is -0.0400. The Bertz CT molecular complexity index is 346. The number of rotatable bonds is 9. The monoisotopic (exact) mass is 335 g/mol. The second-order valence-electron chi connectivity index (χ2n) is 3.86. The van der Waals surface area contributed by atoms with Crippen LogP contribution in [0, 0.1) is 0 Å². The third-order valence-electron chi connectivity index (χ3n) is 2.61. The molecule has 0 aliphatic rings. The predicted octanol–water partition coefficient (Wildman–Crippen LogP) is 2.70. The van der Waals surface area contributed by atoms with E-state index in [9.17, 15) is 0 Å². The van der Waals surface area contributed by atoms with Crippen LogP contribution in [0.25, 0.3) is 0 Å². The van der Waals surface area contributed by atoms with E-state index in [0.717, 1.165) is 29.1 Å². The molecule has 0 aliphatic carbocycles. The van der Waals surface area contributed by atoms with Gasteiger partial charge in [-0.05, 0) is 28.2 Å². The van der Waals surface area contributed by atoms with Gasteiger partial charge in [0.15, 0.2) is 0 Å². The van der Waals surface area contributed by atoms with Crippen molar-refractivity contribution in [2.24, 2.45) is 0 Å². The molecule has 0 amide bonds. The van der Waals surface area contributed by atoms with Gasteiger partial charge in [-0.2, -0.15) is 16.9 Å². The molecule has 1 unspecified atom stereocenters. The highest BCUT2D eigenvalue weighted by Gasteiger charge is 2.19. The highest BCUT2D eigenvalue weighted by atomic mass is 79.9. The van der Waals surface area contributed by atoms with Gasteiger partial charge in [-0.3, -0.25) is 4.68 Å². The third-order valence-corrected chi connectivity index (χ3v) is 4.20. The maximum atomic E-state index is 5.13. The van der Waals surface area contributed by atoms with Gasteiger partial charge in [0.2, 0.25) is 0 Å². The standard InChI is InChI=1S/C12H22BrN3OS/c1-4-14-11(9-18-5-2)12-10(13)8-15-16(12)6-7-17-3/h8,11,14H,4-7,9H2,1-3H3. The average molecular weight is 336 g/mol. The van der Waals surface area contributed by atoms with Gasteiger partial charge in [0.05, 0.1) is 35.6 Å². The van der Waals surface area contributed by atoms with E-state index in [-0.39, 0.29) is 0 Å². The summed E-state index contributed by atoms with van der Waals surface area (Å²) < 4.78 is 8.22. The zero-order chi connectivity index (χ0) is 13.4. The first-order valence-electron chi connectivity index (χ1n) is 6.25. The van der Waals surface area contributed by atoms with E-state index in [2.05, 4.69) is 40.2 Å². The lowest BCUT2D eigenvalue weighted by atomic mass is 10.2. The minimum atomic E-state index is 0.327. The molecular formula is C12H22BrN3OS. The summed E-state index contributed by atoms with van der Waals surface area (Å²) in [6, 6.07) is 0.327. The Labute approximate surface area is 122 Å². The predicted molar refractivity (Wildman–Crippen MR) is 81.2 cm³/mol. The average Bonchev–Trinajstić information content (AvgIpc) is 2.73. The molecule has 18 heavy (non-hydrogen) atoms. The molecule has 0 bridgehead atoms. The molecule has 1 rings (SSSR count). The van der Waals surface area contributed by atoms with Crippen LogP contribution >= 0.6 is 27.7 Å². The smallest absolute Gasteiger partial charge is 0.0705 e. The Kier molecular flexibility index (Phi) is 7.97. The van der Waals surface area contributed by atoms with E-state index in [1.54, 1.807) is 7.11 Å². The fourth-order valence-corrected chi connectivity index (χ4v) is 3.11. The first-order chi connectivity index (χ1) is 8.74. The number of methoxy groups -OCH3 is 1. The van der Waals surface area contributed by atoms with Gasteiger partial charge in [0.1, 0.15) is 0 Å². The number of ether oxygens (including phenoxy) is 1. The lowest BCUT2D eigenvalue weighted by molar-refractivity contribution is 0.182. The van der Waals surface area contributed by atoms with E-state index in [4.69, 9.17) is 4.74 Å². The summed E-state index contributed by atoms with van der Waals surface area (Å²) in [6.07, 6.45) is 1.87. The Morgan fingerprint density at radius 1 is 1.56 bits per heavy atom. The van der Waals surface area contributed by atoms with Gasteiger partial charge in [0, 0.05) is 12.9 Å². The normalized spacial score (nSPS) is 12.9. The van der Waals surface area contributed by atoms with Crippen LogP contribution in [0.5, 0.6) is 0 Å². The summed E-state index contributed by atoms with van der Waals surface area (Å²) in [7, 11) is 1.72. The first kappa shape index (κ1) is 16.0. The van der Waals surface area contributed by atoms with Gasteiger partial charge in [-0.15, -0.1) is 0 Å². The molecule has 104 valence electrons. The fraction of sp³-hybridized carbons (Fsp3) is 0.750. The minimum Gasteiger partial charge on any atom is -0.383 e. The molecule has 6 heteroatoms. The molecular weight excluding hydrogens is 314 g/mol. The van der Waals surface area contributed by atoms with Gasteiger partial charge in [-0.1, -0.05) is 13.8 Å².